The number of rotatable bonds is 4. The minimum absolute atomic E-state index is 0.181. The zero-order valence-electron chi connectivity index (χ0n) is 13.6. The summed E-state index contributed by atoms with van der Waals surface area (Å²) in [6.07, 6.45) is 2.54. The Hall–Kier alpha value is -2.87. The van der Waals surface area contributed by atoms with Crippen LogP contribution in [0.15, 0.2) is 72.9 Å². The van der Waals surface area contributed by atoms with Crippen molar-refractivity contribution in [2.24, 2.45) is 0 Å². The third-order valence-corrected chi connectivity index (χ3v) is 4.72. The smallest absolute Gasteiger partial charge is 0.163 e. The molecule has 0 radical (unpaired) electrons. The summed E-state index contributed by atoms with van der Waals surface area (Å²) in [5, 5.41) is 3.48. The van der Waals surface area contributed by atoms with Crippen molar-refractivity contribution in [3.05, 3.63) is 84.1 Å². The average Bonchev–Trinajstić information content (AvgIpc) is 3.05. The summed E-state index contributed by atoms with van der Waals surface area (Å²) in [7, 11) is 0. The van der Waals surface area contributed by atoms with Gasteiger partial charge in [0.25, 0.3) is 0 Å². The number of aromatic amines is 1. The fourth-order valence-electron chi connectivity index (χ4n) is 3.37. The number of Topliss-reactive ketones (excluding diaryl/α,β-unsaturated/α-hetero) is 1. The van der Waals surface area contributed by atoms with Gasteiger partial charge >= 0.3 is 0 Å². The van der Waals surface area contributed by atoms with Gasteiger partial charge in [0.1, 0.15) is 0 Å². The number of H-pyrrole nitrogens is 1. The first-order valence-electron chi connectivity index (χ1n) is 8.30. The summed E-state index contributed by atoms with van der Waals surface area (Å²) < 4.78 is 0. The first-order chi connectivity index (χ1) is 11.7. The van der Waals surface area contributed by atoms with Crippen molar-refractivity contribution in [2.75, 3.05) is 0 Å². The molecule has 24 heavy (non-hydrogen) atoms. The molecule has 1 atom stereocenters. The molecule has 1 heterocycles. The van der Waals surface area contributed by atoms with Crippen molar-refractivity contribution >= 4 is 27.5 Å². The van der Waals surface area contributed by atoms with Gasteiger partial charge in [0.2, 0.25) is 0 Å². The number of fused-ring (bicyclic) bond motifs is 2. The molecule has 4 rings (SSSR count). The van der Waals surface area contributed by atoms with Crippen LogP contribution < -0.4 is 0 Å². The Balaban J connectivity index is 1.60. The lowest BCUT2D eigenvalue weighted by molar-refractivity contribution is 0.0976. The van der Waals surface area contributed by atoms with Crippen molar-refractivity contribution in [1.82, 2.24) is 4.98 Å². The molecule has 0 unspecified atom stereocenters. The minimum atomic E-state index is 0.181. The fraction of sp³-hybridized carbons (Fsp3) is 0.136. The molecule has 1 N–H and O–H groups in total. The molecule has 0 aliphatic heterocycles. The predicted molar refractivity (Wildman–Crippen MR) is 99.6 cm³/mol. The van der Waals surface area contributed by atoms with Crippen molar-refractivity contribution in [2.45, 2.75) is 19.3 Å². The standard InChI is InChI=1S/C22H19NO/c1-15(20-14-23-21-9-5-4-8-19(20)21)12-22(24)18-11-10-16-6-2-3-7-17(16)13-18/h2-11,13-15,23H,12H2,1H3/t15-/m1/s1. The Morgan fingerprint density at radius 1 is 0.958 bits per heavy atom. The SMILES string of the molecule is C[C@H](CC(=O)c1ccc2ccccc2c1)c1c[nH]c2ccccc12. The zero-order chi connectivity index (χ0) is 16.5. The van der Waals surface area contributed by atoms with Crippen LogP contribution in [0, 0.1) is 0 Å². The number of carbonyl (C=O) groups is 1. The highest BCUT2D eigenvalue weighted by Crippen LogP contribution is 2.29. The molecule has 0 saturated heterocycles. The number of para-hydroxylation sites is 1. The Kier molecular flexibility index (Phi) is 3.66. The lowest BCUT2D eigenvalue weighted by atomic mass is 9.92. The quantitative estimate of drug-likeness (QED) is 0.482. The first kappa shape index (κ1) is 14.7. The van der Waals surface area contributed by atoms with Gasteiger partial charge in [0.05, 0.1) is 0 Å². The van der Waals surface area contributed by atoms with Crippen LogP contribution in [0.3, 0.4) is 0 Å². The molecule has 0 amide bonds. The summed E-state index contributed by atoms with van der Waals surface area (Å²) in [4.78, 5) is 16.0. The van der Waals surface area contributed by atoms with Gasteiger partial charge in [0, 0.05) is 29.1 Å². The van der Waals surface area contributed by atoms with Gasteiger partial charge in [-0.25, -0.2) is 0 Å². The van der Waals surface area contributed by atoms with Crippen LogP contribution in [0.4, 0.5) is 0 Å². The van der Waals surface area contributed by atoms with Crippen LogP contribution in [0.1, 0.15) is 35.2 Å². The maximum atomic E-state index is 12.7. The Bertz CT molecular complexity index is 1030. The summed E-state index contributed by atoms with van der Waals surface area (Å²) in [6.45, 7) is 2.12. The second-order valence-electron chi connectivity index (χ2n) is 6.38. The van der Waals surface area contributed by atoms with E-state index in [4.69, 9.17) is 0 Å². The molecule has 0 aliphatic carbocycles. The third-order valence-electron chi connectivity index (χ3n) is 4.72. The van der Waals surface area contributed by atoms with E-state index in [-0.39, 0.29) is 11.7 Å². The highest BCUT2D eigenvalue weighted by atomic mass is 16.1. The van der Waals surface area contributed by atoms with Crippen LogP contribution in [-0.4, -0.2) is 10.8 Å². The van der Waals surface area contributed by atoms with Crippen molar-refractivity contribution in [3.63, 3.8) is 0 Å². The van der Waals surface area contributed by atoms with Gasteiger partial charge < -0.3 is 4.98 Å². The highest BCUT2D eigenvalue weighted by molar-refractivity contribution is 6.00. The average molecular weight is 313 g/mol. The van der Waals surface area contributed by atoms with Crippen LogP contribution >= 0.6 is 0 Å². The van der Waals surface area contributed by atoms with Gasteiger partial charge in [-0.05, 0) is 34.4 Å². The van der Waals surface area contributed by atoms with Gasteiger partial charge in [-0.3, -0.25) is 4.79 Å². The number of nitrogens with one attached hydrogen (secondary N) is 1. The molecule has 2 nitrogen and oxygen atoms in total. The normalized spacial score (nSPS) is 12.5. The van der Waals surface area contributed by atoms with E-state index in [9.17, 15) is 4.79 Å². The van der Waals surface area contributed by atoms with Crippen LogP contribution in [0.5, 0.6) is 0 Å². The van der Waals surface area contributed by atoms with E-state index in [1.807, 2.05) is 48.7 Å². The number of carbonyl (C=O) groups excluding carboxylic acids is 1. The lowest BCUT2D eigenvalue weighted by Crippen LogP contribution is -2.04. The second-order valence-corrected chi connectivity index (χ2v) is 6.38. The summed E-state index contributed by atoms with van der Waals surface area (Å²) in [5.41, 5.74) is 3.12. The summed E-state index contributed by atoms with van der Waals surface area (Å²) in [5.74, 6) is 0.374. The van der Waals surface area contributed by atoms with Crippen LogP contribution in [0.25, 0.3) is 21.7 Å². The molecule has 0 bridgehead atoms. The van der Waals surface area contributed by atoms with Crippen LogP contribution in [-0.2, 0) is 0 Å². The molecule has 1 aromatic heterocycles. The second kappa shape index (κ2) is 5.97. The molecule has 4 aromatic rings. The van der Waals surface area contributed by atoms with Crippen molar-refractivity contribution in [3.8, 4) is 0 Å². The summed E-state index contributed by atoms with van der Waals surface area (Å²) in [6, 6.07) is 22.3. The maximum absolute atomic E-state index is 12.7. The van der Waals surface area contributed by atoms with Crippen molar-refractivity contribution in [1.29, 1.82) is 0 Å². The number of ketones is 1. The Morgan fingerprint density at radius 2 is 1.71 bits per heavy atom. The van der Waals surface area contributed by atoms with E-state index < -0.39 is 0 Å². The number of aromatic nitrogens is 1. The minimum Gasteiger partial charge on any atom is -0.361 e. The molecule has 0 spiro atoms. The number of hydrogen-bond donors (Lipinski definition) is 1. The van der Waals surface area contributed by atoms with E-state index in [1.165, 1.54) is 16.3 Å². The topological polar surface area (TPSA) is 32.9 Å². The monoisotopic (exact) mass is 313 g/mol. The van der Waals surface area contributed by atoms with E-state index in [0.717, 1.165) is 16.5 Å². The number of hydrogen-bond acceptors (Lipinski definition) is 1. The van der Waals surface area contributed by atoms with Gasteiger partial charge in [-0.15, -0.1) is 0 Å². The summed E-state index contributed by atoms with van der Waals surface area (Å²) >= 11 is 0. The Morgan fingerprint density at radius 3 is 2.58 bits per heavy atom. The number of benzene rings is 3. The van der Waals surface area contributed by atoms with Gasteiger partial charge in [-0.1, -0.05) is 61.5 Å². The van der Waals surface area contributed by atoms with E-state index in [1.54, 1.807) is 0 Å². The molecule has 3 aromatic carbocycles. The molecule has 2 heteroatoms. The third kappa shape index (κ3) is 2.61. The fourth-order valence-corrected chi connectivity index (χ4v) is 3.37. The molecule has 118 valence electrons. The van der Waals surface area contributed by atoms with Crippen LogP contribution in [0.2, 0.25) is 0 Å². The first-order valence-corrected chi connectivity index (χ1v) is 8.30. The zero-order valence-corrected chi connectivity index (χ0v) is 13.6. The molecular formula is C22H19NO. The molecule has 0 aliphatic rings. The predicted octanol–water partition coefficient (Wildman–Crippen LogP) is 5.70. The largest absolute Gasteiger partial charge is 0.361 e. The highest BCUT2D eigenvalue weighted by Gasteiger charge is 2.16. The van der Waals surface area contributed by atoms with E-state index in [0.29, 0.717) is 6.42 Å². The van der Waals surface area contributed by atoms with E-state index in [2.05, 4.69) is 36.2 Å². The molecule has 0 fully saturated rings. The van der Waals surface area contributed by atoms with Gasteiger partial charge in [-0.2, -0.15) is 0 Å². The van der Waals surface area contributed by atoms with Crippen molar-refractivity contribution < 1.29 is 4.79 Å². The maximum Gasteiger partial charge on any atom is 0.163 e. The van der Waals surface area contributed by atoms with E-state index >= 15 is 0 Å². The lowest BCUT2D eigenvalue weighted by Gasteiger charge is -2.10. The molecule has 0 saturated carbocycles. The Labute approximate surface area is 141 Å². The van der Waals surface area contributed by atoms with Gasteiger partial charge in [0.15, 0.2) is 5.78 Å². The molecular weight excluding hydrogens is 294 g/mol.